The summed E-state index contributed by atoms with van der Waals surface area (Å²) >= 11 is 0. The average molecular weight is 517 g/mol. The van der Waals surface area contributed by atoms with Crippen molar-refractivity contribution in [3.05, 3.63) is 102 Å². The predicted molar refractivity (Wildman–Crippen MR) is 149 cm³/mol. The fraction of sp³-hybridized carbons (Fsp3) is 0.312. The van der Waals surface area contributed by atoms with E-state index in [2.05, 4.69) is 12.2 Å². The summed E-state index contributed by atoms with van der Waals surface area (Å²) in [7, 11) is 0. The summed E-state index contributed by atoms with van der Waals surface area (Å²) in [6.45, 7) is 1.30. The van der Waals surface area contributed by atoms with Crippen LogP contribution in [-0.2, 0) is 11.2 Å². The Labute approximate surface area is 224 Å². The van der Waals surface area contributed by atoms with E-state index in [-0.39, 0.29) is 17.9 Å². The third kappa shape index (κ3) is 10.9. The van der Waals surface area contributed by atoms with Gasteiger partial charge in [0.25, 0.3) is 0 Å². The highest BCUT2D eigenvalue weighted by molar-refractivity contribution is 5.87. The molecule has 0 fully saturated rings. The second-order valence-electron chi connectivity index (χ2n) is 9.25. The highest BCUT2D eigenvalue weighted by atomic mass is 16.5. The van der Waals surface area contributed by atoms with Crippen molar-refractivity contribution in [2.75, 3.05) is 13.2 Å². The van der Waals surface area contributed by atoms with Gasteiger partial charge in [-0.15, -0.1) is 0 Å². The van der Waals surface area contributed by atoms with Crippen molar-refractivity contribution in [2.45, 2.75) is 44.9 Å². The number of carboxylic acids is 2. The number of allylic oxidation sites excluding steroid dienone is 1. The summed E-state index contributed by atoms with van der Waals surface area (Å²) < 4.78 is 11.6. The predicted octanol–water partition coefficient (Wildman–Crippen LogP) is 7.14. The van der Waals surface area contributed by atoms with Gasteiger partial charge >= 0.3 is 11.9 Å². The number of aromatic carboxylic acids is 1. The molecule has 0 aromatic heterocycles. The molecular weight excluding hydrogens is 480 g/mol. The van der Waals surface area contributed by atoms with E-state index in [1.807, 2.05) is 66.7 Å². The first-order valence-electron chi connectivity index (χ1n) is 13.1. The van der Waals surface area contributed by atoms with Gasteiger partial charge in [-0.2, -0.15) is 0 Å². The lowest BCUT2D eigenvalue weighted by Gasteiger charge is -2.13. The van der Waals surface area contributed by atoms with E-state index >= 15 is 0 Å². The average Bonchev–Trinajstić information content (AvgIpc) is 2.93. The molecule has 0 aliphatic heterocycles. The number of hydrogen-bond donors (Lipinski definition) is 2. The lowest BCUT2D eigenvalue weighted by molar-refractivity contribution is -0.137. The summed E-state index contributed by atoms with van der Waals surface area (Å²) in [4.78, 5) is 22.0. The van der Waals surface area contributed by atoms with Gasteiger partial charge in [0, 0.05) is 6.42 Å². The molecule has 0 spiro atoms. The third-order valence-electron chi connectivity index (χ3n) is 6.17. The molecule has 0 radical (unpaired) electrons. The maximum atomic E-state index is 11.1. The van der Waals surface area contributed by atoms with E-state index in [4.69, 9.17) is 19.7 Å². The monoisotopic (exact) mass is 516 g/mol. The summed E-state index contributed by atoms with van der Waals surface area (Å²) in [5.74, 6) is 0.217. The number of para-hydroxylation sites is 1. The Hall–Kier alpha value is -4.06. The van der Waals surface area contributed by atoms with Gasteiger partial charge in [-0.05, 0) is 85.5 Å². The number of rotatable bonds is 17. The quantitative estimate of drug-likeness (QED) is 0.185. The van der Waals surface area contributed by atoms with Gasteiger partial charge in [0.1, 0.15) is 11.5 Å². The van der Waals surface area contributed by atoms with Crippen LogP contribution in [-0.4, -0.2) is 35.4 Å². The van der Waals surface area contributed by atoms with Crippen molar-refractivity contribution in [3.8, 4) is 11.5 Å². The van der Waals surface area contributed by atoms with Crippen LogP contribution in [0.1, 0.15) is 60.0 Å². The minimum absolute atomic E-state index is 0.172. The van der Waals surface area contributed by atoms with Crippen molar-refractivity contribution in [3.63, 3.8) is 0 Å². The SMILES string of the molecule is O=C(O)CCCCC(C=Cc1ccc(OCCCCOc2ccccc2)cc1)Cc1ccc(C(=O)O)cc1. The zero-order valence-electron chi connectivity index (χ0n) is 21.6. The van der Waals surface area contributed by atoms with Crippen LogP contribution in [0.25, 0.3) is 6.08 Å². The van der Waals surface area contributed by atoms with Crippen molar-refractivity contribution in [1.82, 2.24) is 0 Å². The number of ether oxygens (including phenoxy) is 2. The van der Waals surface area contributed by atoms with Crippen molar-refractivity contribution < 1.29 is 29.3 Å². The van der Waals surface area contributed by atoms with E-state index < -0.39 is 11.9 Å². The molecule has 1 atom stereocenters. The Morgan fingerprint density at radius 2 is 1.37 bits per heavy atom. The van der Waals surface area contributed by atoms with Crippen LogP contribution < -0.4 is 9.47 Å². The largest absolute Gasteiger partial charge is 0.494 e. The smallest absolute Gasteiger partial charge is 0.335 e. The van der Waals surface area contributed by atoms with Crippen LogP contribution in [0.4, 0.5) is 0 Å². The van der Waals surface area contributed by atoms with Gasteiger partial charge in [-0.25, -0.2) is 4.79 Å². The number of hydrogen-bond acceptors (Lipinski definition) is 4. The van der Waals surface area contributed by atoms with Gasteiger partial charge in [-0.1, -0.05) is 61.0 Å². The zero-order valence-corrected chi connectivity index (χ0v) is 21.6. The summed E-state index contributed by atoms with van der Waals surface area (Å²) in [5.41, 5.74) is 2.39. The van der Waals surface area contributed by atoms with Crippen LogP contribution in [0.2, 0.25) is 0 Å². The second-order valence-corrected chi connectivity index (χ2v) is 9.25. The van der Waals surface area contributed by atoms with Crippen LogP contribution in [0, 0.1) is 5.92 Å². The first-order valence-corrected chi connectivity index (χ1v) is 13.1. The lowest BCUT2D eigenvalue weighted by Crippen LogP contribution is -2.04. The molecule has 3 aromatic carbocycles. The molecule has 0 bridgehead atoms. The molecule has 0 aliphatic rings. The Morgan fingerprint density at radius 1 is 0.737 bits per heavy atom. The first-order chi connectivity index (χ1) is 18.5. The van der Waals surface area contributed by atoms with E-state index in [1.165, 1.54) is 0 Å². The van der Waals surface area contributed by atoms with Gasteiger partial charge in [0.2, 0.25) is 0 Å². The molecule has 6 nitrogen and oxygen atoms in total. The fourth-order valence-corrected chi connectivity index (χ4v) is 4.06. The summed E-state index contributed by atoms with van der Waals surface area (Å²) in [6, 6.07) is 24.7. The van der Waals surface area contributed by atoms with Gasteiger partial charge in [0.05, 0.1) is 18.8 Å². The Balaban J connectivity index is 1.46. The van der Waals surface area contributed by atoms with Crippen molar-refractivity contribution >= 4 is 18.0 Å². The van der Waals surface area contributed by atoms with Crippen LogP contribution in [0.5, 0.6) is 11.5 Å². The molecule has 200 valence electrons. The molecule has 3 aromatic rings. The van der Waals surface area contributed by atoms with Crippen molar-refractivity contribution in [1.29, 1.82) is 0 Å². The van der Waals surface area contributed by atoms with E-state index in [9.17, 15) is 9.59 Å². The van der Waals surface area contributed by atoms with Crippen LogP contribution in [0.3, 0.4) is 0 Å². The van der Waals surface area contributed by atoms with E-state index in [0.717, 1.165) is 54.7 Å². The van der Waals surface area contributed by atoms with Gasteiger partial charge < -0.3 is 19.7 Å². The normalized spacial score (nSPS) is 11.8. The molecule has 1 unspecified atom stereocenters. The van der Waals surface area contributed by atoms with Crippen LogP contribution in [0.15, 0.2) is 84.9 Å². The van der Waals surface area contributed by atoms with Gasteiger partial charge in [0.15, 0.2) is 0 Å². The maximum absolute atomic E-state index is 11.1. The molecule has 2 N–H and O–H groups in total. The molecule has 38 heavy (non-hydrogen) atoms. The summed E-state index contributed by atoms with van der Waals surface area (Å²) in [6.07, 6.45) is 9.32. The molecule has 6 heteroatoms. The number of benzene rings is 3. The molecular formula is C32H36O6. The van der Waals surface area contributed by atoms with Gasteiger partial charge in [-0.3, -0.25) is 4.79 Å². The highest BCUT2D eigenvalue weighted by Crippen LogP contribution is 2.21. The van der Waals surface area contributed by atoms with E-state index in [1.54, 1.807) is 12.1 Å². The maximum Gasteiger partial charge on any atom is 0.335 e. The summed E-state index contributed by atoms with van der Waals surface area (Å²) in [5, 5.41) is 18.0. The minimum Gasteiger partial charge on any atom is -0.494 e. The third-order valence-corrected chi connectivity index (χ3v) is 6.17. The highest BCUT2D eigenvalue weighted by Gasteiger charge is 2.09. The lowest BCUT2D eigenvalue weighted by atomic mass is 9.92. The number of aliphatic carboxylic acids is 1. The standard InChI is InChI=1S/C32H36O6/c33-31(34)11-5-4-8-26(24-27-14-18-28(19-15-27)32(35)36)13-12-25-16-20-30(21-17-25)38-23-7-6-22-37-29-9-2-1-3-10-29/h1-3,9-10,12-21,26H,4-8,11,22-24H2,(H,33,34)(H,35,36). The molecule has 0 aliphatic carbocycles. The number of carbonyl (C=O) groups is 2. The Bertz CT molecular complexity index is 1140. The van der Waals surface area contributed by atoms with Crippen LogP contribution >= 0.6 is 0 Å². The minimum atomic E-state index is -0.939. The molecule has 0 saturated carbocycles. The number of carboxylic acid groups (broad SMARTS) is 2. The fourth-order valence-electron chi connectivity index (χ4n) is 4.06. The Kier molecular flexibility index (Phi) is 11.9. The first kappa shape index (κ1) is 28.5. The van der Waals surface area contributed by atoms with E-state index in [0.29, 0.717) is 19.6 Å². The topological polar surface area (TPSA) is 93.1 Å². The molecule has 0 saturated heterocycles. The molecule has 3 rings (SSSR count). The number of unbranched alkanes of at least 4 members (excludes halogenated alkanes) is 2. The molecule has 0 amide bonds. The second kappa shape index (κ2) is 15.9. The zero-order chi connectivity index (χ0) is 27.0. The van der Waals surface area contributed by atoms with Crippen molar-refractivity contribution in [2.24, 2.45) is 5.92 Å². The molecule has 0 heterocycles. The Morgan fingerprint density at radius 3 is 1.97 bits per heavy atom.